The summed E-state index contributed by atoms with van der Waals surface area (Å²) in [5, 5.41) is 14.4. The molecule has 14 heavy (non-hydrogen) atoms. The fourth-order valence-corrected chi connectivity index (χ4v) is 1.95. The number of fused-ring (bicyclic) bond motifs is 1. The Morgan fingerprint density at radius 1 is 1.50 bits per heavy atom. The average molecular weight is 213 g/mol. The van der Waals surface area contributed by atoms with Crippen LogP contribution in [-0.4, -0.2) is 11.5 Å². The van der Waals surface area contributed by atoms with Gasteiger partial charge in [-0.2, -0.15) is 0 Å². The summed E-state index contributed by atoms with van der Waals surface area (Å²) in [5.74, 6) is 0. The third-order valence-corrected chi connectivity index (χ3v) is 2.65. The van der Waals surface area contributed by atoms with E-state index in [0.717, 1.165) is 30.6 Å². The van der Waals surface area contributed by atoms with Gasteiger partial charge in [-0.1, -0.05) is 11.6 Å². The quantitative estimate of drug-likeness (QED) is 0.575. The highest BCUT2D eigenvalue weighted by atomic mass is 35.5. The zero-order chi connectivity index (χ0) is 10.1. The molecule has 0 atom stereocenters. The molecule has 1 aliphatic rings. The number of benzene rings is 1. The molecule has 0 bridgehead atoms. The summed E-state index contributed by atoms with van der Waals surface area (Å²) in [7, 11) is 0. The molecule has 1 N–H and O–H groups in total. The number of hydrogen-bond acceptors (Lipinski definition) is 3. The van der Waals surface area contributed by atoms with Crippen LogP contribution in [0.1, 0.15) is 12.0 Å². The van der Waals surface area contributed by atoms with Crippen LogP contribution in [0.3, 0.4) is 0 Å². The van der Waals surface area contributed by atoms with Gasteiger partial charge in [0.05, 0.1) is 21.2 Å². The van der Waals surface area contributed by atoms with E-state index in [1.807, 2.05) is 0 Å². The van der Waals surface area contributed by atoms with E-state index >= 15 is 0 Å². The highest BCUT2D eigenvalue weighted by Gasteiger charge is 2.22. The highest BCUT2D eigenvalue weighted by molar-refractivity contribution is 6.33. The molecule has 0 saturated carbocycles. The molecular formula is C9H9ClN2O2. The standard InChI is InChI=1S/C9H9ClN2O2/c10-7-3-4-8(12(13)14)6-2-1-5-11-9(6)7/h3-4,11H,1-2,5H2. The lowest BCUT2D eigenvalue weighted by Gasteiger charge is -2.18. The monoisotopic (exact) mass is 212 g/mol. The zero-order valence-electron chi connectivity index (χ0n) is 7.42. The predicted molar refractivity (Wildman–Crippen MR) is 54.9 cm³/mol. The van der Waals surface area contributed by atoms with Gasteiger partial charge in [0.1, 0.15) is 0 Å². The molecule has 0 spiro atoms. The van der Waals surface area contributed by atoms with Gasteiger partial charge in [0, 0.05) is 12.6 Å². The Labute approximate surface area is 86.0 Å². The fourth-order valence-electron chi connectivity index (χ4n) is 1.70. The van der Waals surface area contributed by atoms with Gasteiger partial charge >= 0.3 is 0 Å². The van der Waals surface area contributed by atoms with Gasteiger partial charge in [0.15, 0.2) is 0 Å². The summed E-state index contributed by atoms with van der Waals surface area (Å²) in [6, 6.07) is 3.03. The second kappa shape index (κ2) is 3.46. The van der Waals surface area contributed by atoms with Crippen molar-refractivity contribution in [2.24, 2.45) is 0 Å². The molecule has 1 aromatic rings. The van der Waals surface area contributed by atoms with Crippen LogP contribution in [0, 0.1) is 10.1 Å². The average Bonchev–Trinajstić information content (AvgIpc) is 2.18. The first-order chi connectivity index (χ1) is 6.70. The van der Waals surface area contributed by atoms with Gasteiger partial charge in [-0.3, -0.25) is 10.1 Å². The van der Waals surface area contributed by atoms with Gasteiger partial charge < -0.3 is 5.32 Å². The number of halogens is 1. The van der Waals surface area contributed by atoms with Crippen molar-refractivity contribution in [3.63, 3.8) is 0 Å². The Kier molecular flexibility index (Phi) is 2.29. The summed E-state index contributed by atoms with van der Waals surface area (Å²) in [6.45, 7) is 0.827. The number of nitro groups is 1. The molecule has 0 saturated heterocycles. The van der Waals surface area contributed by atoms with Crippen LogP contribution < -0.4 is 5.32 Å². The molecule has 0 fully saturated rings. The highest BCUT2D eigenvalue weighted by Crippen LogP contribution is 2.36. The molecule has 4 nitrogen and oxygen atoms in total. The Morgan fingerprint density at radius 3 is 3.00 bits per heavy atom. The van der Waals surface area contributed by atoms with E-state index in [1.165, 1.54) is 6.07 Å². The number of rotatable bonds is 1. The normalized spacial score (nSPS) is 14.4. The van der Waals surface area contributed by atoms with E-state index in [9.17, 15) is 10.1 Å². The topological polar surface area (TPSA) is 55.2 Å². The molecule has 0 radical (unpaired) electrons. The number of nitro benzene ring substituents is 1. The molecule has 74 valence electrons. The summed E-state index contributed by atoms with van der Waals surface area (Å²) in [6.07, 6.45) is 1.63. The van der Waals surface area contributed by atoms with Crippen molar-refractivity contribution in [1.82, 2.24) is 0 Å². The summed E-state index contributed by atoms with van der Waals surface area (Å²) in [5.41, 5.74) is 1.62. The minimum atomic E-state index is -0.359. The molecule has 0 aromatic heterocycles. The summed E-state index contributed by atoms with van der Waals surface area (Å²) >= 11 is 5.93. The maximum Gasteiger partial charge on any atom is 0.274 e. The maximum absolute atomic E-state index is 10.7. The van der Waals surface area contributed by atoms with Crippen molar-refractivity contribution in [3.05, 3.63) is 32.8 Å². The molecule has 1 heterocycles. The molecule has 0 unspecified atom stereocenters. The Balaban J connectivity index is 2.59. The molecule has 1 aromatic carbocycles. The molecule has 2 rings (SSSR count). The van der Waals surface area contributed by atoms with Crippen molar-refractivity contribution in [2.75, 3.05) is 11.9 Å². The number of nitrogens with zero attached hydrogens (tertiary/aromatic N) is 1. The van der Waals surface area contributed by atoms with E-state index in [-0.39, 0.29) is 10.6 Å². The smallest absolute Gasteiger partial charge is 0.274 e. The molecule has 1 aliphatic heterocycles. The van der Waals surface area contributed by atoms with Crippen molar-refractivity contribution in [3.8, 4) is 0 Å². The summed E-state index contributed by atoms with van der Waals surface area (Å²) in [4.78, 5) is 10.4. The molecule has 0 amide bonds. The molecular weight excluding hydrogens is 204 g/mol. The first-order valence-corrected chi connectivity index (χ1v) is 4.77. The minimum absolute atomic E-state index is 0.164. The van der Waals surface area contributed by atoms with Crippen LogP contribution in [0.25, 0.3) is 0 Å². The second-order valence-electron chi connectivity index (χ2n) is 3.21. The maximum atomic E-state index is 10.7. The lowest BCUT2D eigenvalue weighted by molar-refractivity contribution is -0.385. The van der Waals surface area contributed by atoms with Gasteiger partial charge in [-0.25, -0.2) is 0 Å². The van der Waals surface area contributed by atoms with Crippen molar-refractivity contribution < 1.29 is 4.92 Å². The van der Waals surface area contributed by atoms with Crippen LogP contribution in [-0.2, 0) is 6.42 Å². The van der Waals surface area contributed by atoms with Crippen molar-refractivity contribution in [1.29, 1.82) is 0 Å². The molecule has 5 heteroatoms. The van der Waals surface area contributed by atoms with Gasteiger partial charge in [-0.15, -0.1) is 0 Å². The van der Waals surface area contributed by atoms with Gasteiger partial charge in [0.25, 0.3) is 5.69 Å². The number of hydrogen-bond donors (Lipinski definition) is 1. The van der Waals surface area contributed by atoms with Gasteiger partial charge in [-0.05, 0) is 18.9 Å². The van der Waals surface area contributed by atoms with Crippen LogP contribution in [0.15, 0.2) is 12.1 Å². The van der Waals surface area contributed by atoms with Crippen LogP contribution in [0.5, 0.6) is 0 Å². The largest absolute Gasteiger partial charge is 0.383 e. The van der Waals surface area contributed by atoms with E-state index in [2.05, 4.69) is 5.32 Å². The van der Waals surface area contributed by atoms with Crippen LogP contribution in [0.4, 0.5) is 11.4 Å². The van der Waals surface area contributed by atoms with E-state index in [0.29, 0.717) is 5.02 Å². The zero-order valence-corrected chi connectivity index (χ0v) is 8.17. The van der Waals surface area contributed by atoms with Crippen LogP contribution >= 0.6 is 11.6 Å². The van der Waals surface area contributed by atoms with Crippen molar-refractivity contribution in [2.45, 2.75) is 12.8 Å². The van der Waals surface area contributed by atoms with Gasteiger partial charge in [0.2, 0.25) is 0 Å². The Hall–Kier alpha value is -1.29. The lowest BCUT2D eigenvalue weighted by Crippen LogP contribution is -2.13. The van der Waals surface area contributed by atoms with E-state index < -0.39 is 0 Å². The lowest BCUT2D eigenvalue weighted by atomic mass is 10.0. The van der Waals surface area contributed by atoms with Crippen molar-refractivity contribution >= 4 is 23.0 Å². The van der Waals surface area contributed by atoms with E-state index in [4.69, 9.17) is 11.6 Å². The summed E-state index contributed by atoms with van der Waals surface area (Å²) < 4.78 is 0. The van der Waals surface area contributed by atoms with E-state index in [1.54, 1.807) is 6.07 Å². The Morgan fingerprint density at radius 2 is 2.29 bits per heavy atom. The fraction of sp³-hybridized carbons (Fsp3) is 0.333. The SMILES string of the molecule is O=[N+]([O-])c1ccc(Cl)c2c1CCCN2. The molecule has 0 aliphatic carbocycles. The number of nitrogens with one attached hydrogen (secondary N) is 1. The predicted octanol–water partition coefficient (Wildman–Crippen LogP) is 2.61. The Bertz CT molecular complexity index is 393. The first kappa shape index (κ1) is 9.27. The van der Waals surface area contributed by atoms with Crippen LogP contribution in [0.2, 0.25) is 5.02 Å². The minimum Gasteiger partial charge on any atom is -0.383 e. The number of anilines is 1. The first-order valence-electron chi connectivity index (χ1n) is 4.40. The third kappa shape index (κ3) is 1.42. The third-order valence-electron chi connectivity index (χ3n) is 2.34. The second-order valence-corrected chi connectivity index (χ2v) is 3.61.